The predicted octanol–water partition coefficient (Wildman–Crippen LogP) is -1.18. The number of hydrogen-bond donors (Lipinski definition) is 5. The van der Waals surface area contributed by atoms with Gasteiger partial charge in [0, 0.05) is 6.54 Å². The average molecular weight is 338 g/mol. The highest BCUT2D eigenvalue weighted by atomic mass is 16.5. The van der Waals surface area contributed by atoms with E-state index in [2.05, 4.69) is 21.3 Å². The zero-order valence-corrected chi connectivity index (χ0v) is 13.8. The molecular weight excluding hydrogens is 312 g/mol. The summed E-state index contributed by atoms with van der Waals surface area (Å²) in [4.78, 5) is 24.5. The molecule has 0 aromatic heterocycles. The largest absolute Gasteiger partial charge is 0.481 e. The van der Waals surface area contributed by atoms with Crippen LogP contribution < -0.4 is 21.3 Å². The Labute approximate surface area is 141 Å². The molecule has 0 amide bonds. The molecule has 0 bridgehead atoms. The maximum atomic E-state index is 13.0. The number of carboxylic acids is 1. The van der Waals surface area contributed by atoms with Crippen LogP contribution in [0, 0.1) is 17.8 Å². The highest BCUT2D eigenvalue weighted by Gasteiger charge is 2.52. The topological polar surface area (TPSA) is 112 Å². The summed E-state index contributed by atoms with van der Waals surface area (Å²) in [6.45, 7) is 0.655. The molecule has 134 valence electrons. The fourth-order valence-corrected chi connectivity index (χ4v) is 4.48. The third-order valence-electron chi connectivity index (χ3n) is 6.13. The first kappa shape index (κ1) is 16.4. The average Bonchev–Trinajstić information content (AvgIpc) is 2.52. The van der Waals surface area contributed by atoms with Gasteiger partial charge in [-0.3, -0.25) is 25.5 Å². The Morgan fingerprint density at radius 2 is 2.12 bits per heavy atom. The summed E-state index contributed by atoms with van der Waals surface area (Å²) in [5.74, 6) is -1.26. The molecule has 7 unspecified atom stereocenters. The highest BCUT2D eigenvalue weighted by molar-refractivity contribution is 5.89. The molecule has 1 aliphatic carbocycles. The Kier molecular flexibility index (Phi) is 4.34. The lowest BCUT2D eigenvalue weighted by atomic mass is 9.77. The van der Waals surface area contributed by atoms with Gasteiger partial charge in [0.25, 0.3) is 0 Å². The Balaban J connectivity index is 1.49. The number of fused-ring (bicyclic) bond motifs is 2. The van der Waals surface area contributed by atoms with Gasteiger partial charge in [0.05, 0.1) is 36.3 Å². The van der Waals surface area contributed by atoms with E-state index in [0.717, 1.165) is 0 Å². The summed E-state index contributed by atoms with van der Waals surface area (Å²) in [6, 6.07) is -0.333. The second-order valence-corrected chi connectivity index (χ2v) is 7.44. The number of hydrogen-bond acceptors (Lipinski definition) is 7. The number of nitrogens with one attached hydrogen (secondary N) is 4. The first-order chi connectivity index (χ1) is 11.6. The van der Waals surface area contributed by atoms with Gasteiger partial charge in [0.1, 0.15) is 6.23 Å². The summed E-state index contributed by atoms with van der Waals surface area (Å²) in [5, 5.41) is 22.5. The number of rotatable bonds is 3. The molecule has 8 nitrogen and oxygen atoms in total. The molecule has 4 aliphatic rings. The van der Waals surface area contributed by atoms with Gasteiger partial charge < -0.3 is 15.2 Å². The lowest BCUT2D eigenvalue weighted by Crippen LogP contribution is -2.74. The van der Waals surface area contributed by atoms with Crippen molar-refractivity contribution in [2.24, 2.45) is 17.8 Å². The fourth-order valence-electron chi connectivity index (χ4n) is 4.48. The van der Waals surface area contributed by atoms with Crippen molar-refractivity contribution in [1.82, 2.24) is 21.3 Å². The molecule has 0 aromatic carbocycles. The van der Waals surface area contributed by atoms with Gasteiger partial charge in [-0.25, -0.2) is 0 Å². The van der Waals surface area contributed by atoms with E-state index in [1.807, 2.05) is 0 Å². The third-order valence-corrected chi connectivity index (χ3v) is 6.13. The second-order valence-electron chi connectivity index (χ2n) is 7.44. The highest BCUT2D eigenvalue weighted by Crippen LogP contribution is 2.35. The van der Waals surface area contributed by atoms with Crippen LogP contribution in [0.4, 0.5) is 0 Å². The molecule has 7 atom stereocenters. The number of piperidine rings is 1. The van der Waals surface area contributed by atoms with E-state index in [1.54, 1.807) is 7.05 Å². The van der Waals surface area contributed by atoms with E-state index in [1.165, 1.54) is 19.3 Å². The summed E-state index contributed by atoms with van der Waals surface area (Å²) < 4.78 is 6.11. The van der Waals surface area contributed by atoms with Crippen molar-refractivity contribution < 1.29 is 19.4 Å². The quantitative estimate of drug-likeness (QED) is 0.437. The van der Waals surface area contributed by atoms with E-state index in [-0.39, 0.29) is 30.3 Å². The van der Waals surface area contributed by atoms with E-state index < -0.39 is 24.0 Å². The summed E-state index contributed by atoms with van der Waals surface area (Å²) in [7, 11) is 1.72. The maximum absolute atomic E-state index is 13.0. The fraction of sp³-hybridized carbons (Fsp3) is 0.875. The molecule has 5 N–H and O–H groups in total. The molecule has 4 fully saturated rings. The third kappa shape index (κ3) is 2.66. The summed E-state index contributed by atoms with van der Waals surface area (Å²) >= 11 is 0. The van der Waals surface area contributed by atoms with Crippen molar-refractivity contribution in [2.75, 3.05) is 13.6 Å². The van der Waals surface area contributed by atoms with E-state index in [9.17, 15) is 14.7 Å². The number of aliphatic carboxylic acids is 1. The minimum absolute atomic E-state index is 0.0929. The normalized spacial score (nSPS) is 45.9. The maximum Gasteiger partial charge on any atom is 0.309 e. The summed E-state index contributed by atoms with van der Waals surface area (Å²) in [5.41, 5.74) is 0. The van der Waals surface area contributed by atoms with Crippen LogP contribution in [0.25, 0.3) is 0 Å². The molecule has 24 heavy (non-hydrogen) atoms. The molecule has 4 rings (SSSR count). The van der Waals surface area contributed by atoms with Crippen LogP contribution in [-0.2, 0) is 14.3 Å². The lowest BCUT2D eigenvalue weighted by Gasteiger charge is -2.51. The van der Waals surface area contributed by atoms with Gasteiger partial charge in [0.15, 0.2) is 5.78 Å². The van der Waals surface area contributed by atoms with Gasteiger partial charge in [-0.1, -0.05) is 6.42 Å². The van der Waals surface area contributed by atoms with Crippen LogP contribution in [0.5, 0.6) is 0 Å². The van der Waals surface area contributed by atoms with E-state index in [0.29, 0.717) is 18.9 Å². The van der Waals surface area contributed by atoms with Crippen molar-refractivity contribution in [3.8, 4) is 0 Å². The molecule has 0 spiro atoms. The zero-order chi connectivity index (χ0) is 16.8. The Bertz CT molecular complexity index is 526. The monoisotopic (exact) mass is 338 g/mol. The first-order valence-electron chi connectivity index (χ1n) is 8.93. The van der Waals surface area contributed by atoms with Crippen molar-refractivity contribution in [3.05, 3.63) is 0 Å². The van der Waals surface area contributed by atoms with Crippen molar-refractivity contribution in [3.63, 3.8) is 0 Å². The molecule has 3 heterocycles. The van der Waals surface area contributed by atoms with Crippen LogP contribution in [0.15, 0.2) is 0 Å². The number of ketones is 1. The standard InChI is InChI=1S/C16H26N4O4/c1-17-14-9(16(22)23)5-8-12(21)11-10(24-15(8)20-14)6-18-13(19-11)7-3-2-4-7/h7-11,13-15,17-20H,2-6H2,1H3,(H,22,23). The van der Waals surface area contributed by atoms with Gasteiger partial charge in [-0.15, -0.1) is 0 Å². The van der Waals surface area contributed by atoms with Crippen LogP contribution in [0.2, 0.25) is 0 Å². The molecule has 0 aromatic rings. The van der Waals surface area contributed by atoms with Crippen LogP contribution in [0.3, 0.4) is 0 Å². The van der Waals surface area contributed by atoms with E-state index in [4.69, 9.17) is 4.74 Å². The number of carbonyl (C=O) groups excluding carboxylic acids is 1. The predicted molar refractivity (Wildman–Crippen MR) is 84.9 cm³/mol. The Hall–Kier alpha value is -1.06. The van der Waals surface area contributed by atoms with Gasteiger partial charge in [-0.2, -0.15) is 0 Å². The van der Waals surface area contributed by atoms with Crippen molar-refractivity contribution in [1.29, 1.82) is 0 Å². The van der Waals surface area contributed by atoms with Gasteiger partial charge in [0.2, 0.25) is 0 Å². The van der Waals surface area contributed by atoms with Gasteiger partial charge in [-0.05, 0) is 32.2 Å². The number of Topliss-reactive ketones (excluding diaryl/α,β-unsaturated/α-hetero) is 1. The molecular formula is C16H26N4O4. The minimum atomic E-state index is -0.888. The van der Waals surface area contributed by atoms with Crippen molar-refractivity contribution in [2.45, 2.75) is 56.4 Å². The van der Waals surface area contributed by atoms with Crippen LogP contribution in [0.1, 0.15) is 25.7 Å². The van der Waals surface area contributed by atoms with Crippen molar-refractivity contribution >= 4 is 11.8 Å². The van der Waals surface area contributed by atoms with Crippen LogP contribution in [-0.4, -0.2) is 61.2 Å². The lowest BCUT2D eigenvalue weighted by molar-refractivity contribution is -0.177. The minimum Gasteiger partial charge on any atom is -0.481 e. The molecule has 3 aliphatic heterocycles. The molecule has 0 radical (unpaired) electrons. The smallest absolute Gasteiger partial charge is 0.309 e. The number of carbonyl (C=O) groups is 2. The van der Waals surface area contributed by atoms with Crippen LogP contribution >= 0.6 is 0 Å². The first-order valence-corrected chi connectivity index (χ1v) is 8.93. The molecule has 3 saturated heterocycles. The number of ether oxygens (including phenoxy) is 1. The summed E-state index contributed by atoms with van der Waals surface area (Å²) in [6.07, 6.45) is 3.09. The number of carboxylic acid groups (broad SMARTS) is 1. The SMILES string of the molecule is CNC1NC2OC3CNC(C4CCC4)NC3C(=O)C2CC1C(=O)O. The van der Waals surface area contributed by atoms with Gasteiger partial charge >= 0.3 is 5.97 Å². The van der Waals surface area contributed by atoms with E-state index >= 15 is 0 Å². The second kappa shape index (κ2) is 6.34. The molecule has 8 heteroatoms. The Morgan fingerprint density at radius 1 is 1.33 bits per heavy atom. The Morgan fingerprint density at radius 3 is 2.75 bits per heavy atom. The molecule has 1 saturated carbocycles. The zero-order valence-electron chi connectivity index (χ0n) is 13.8.